The van der Waals surface area contributed by atoms with Gasteiger partial charge in [-0.15, -0.1) is 0 Å². The number of hydrogen-bond acceptors (Lipinski definition) is 2. The molecule has 0 fully saturated rings. The summed E-state index contributed by atoms with van der Waals surface area (Å²) in [7, 11) is 0. The van der Waals surface area contributed by atoms with E-state index in [1.54, 1.807) is 12.4 Å². The molecule has 1 heterocycles. The summed E-state index contributed by atoms with van der Waals surface area (Å²) in [5.41, 5.74) is 0. The standard InChI is InChI=1S/C10H16F3N3/c1-8(2)16-7-6-15-9(16)14-5-3-4-10(11,12)13/h6-8H,3-5H2,1-2H3,(H,14,15). The molecule has 0 aliphatic heterocycles. The van der Waals surface area contributed by atoms with E-state index in [2.05, 4.69) is 10.3 Å². The topological polar surface area (TPSA) is 29.9 Å². The fraction of sp³-hybridized carbons (Fsp3) is 0.700. The van der Waals surface area contributed by atoms with Crippen LogP contribution in [-0.2, 0) is 0 Å². The highest BCUT2D eigenvalue weighted by molar-refractivity contribution is 5.26. The number of alkyl halides is 3. The summed E-state index contributed by atoms with van der Waals surface area (Å²) in [6.45, 7) is 4.26. The molecule has 0 amide bonds. The van der Waals surface area contributed by atoms with Crippen molar-refractivity contribution in [3.63, 3.8) is 0 Å². The van der Waals surface area contributed by atoms with Gasteiger partial charge >= 0.3 is 6.18 Å². The SMILES string of the molecule is CC(C)n1ccnc1NCCCC(F)(F)F. The number of halogens is 3. The summed E-state index contributed by atoms with van der Waals surface area (Å²) in [4.78, 5) is 4.04. The van der Waals surface area contributed by atoms with Crippen molar-refractivity contribution in [2.24, 2.45) is 0 Å². The predicted molar refractivity (Wildman–Crippen MR) is 56.4 cm³/mol. The summed E-state index contributed by atoms with van der Waals surface area (Å²) >= 11 is 0. The third-order valence-electron chi connectivity index (χ3n) is 2.15. The Kier molecular flexibility index (Phi) is 4.20. The zero-order valence-corrected chi connectivity index (χ0v) is 9.38. The molecule has 0 bridgehead atoms. The van der Waals surface area contributed by atoms with E-state index in [-0.39, 0.29) is 19.0 Å². The van der Waals surface area contributed by atoms with Crippen LogP contribution in [0.3, 0.4) is 0 Å². The monoisotopic (exact) mass is 235 g/mol. The summed E-state index contributed by atoms with van der Waals surface area (Å²) in [5.74, 6) is 0.622. The molecule has 1 N–H and O–H groups in total. The lowest BCUT2D eigenvalue weighted by atomic mass is 10.3. The van der Waals surface area contributed by atoms with Crippen LogP contribution in [0.15, 0.2) is 12.4 Å². The second-order valence-electron chi connectivity index (χ2n) is 3.90. The van der Waals surface area contributed by atoms with Crippen LogP contribution >= 0.6 is 0 Å². The van der Waals surface area contributed by atoms with Gasteiger partial charge < -0.3 is 9.88 Å². The van der Waals surface area contributed by atoms with Crippen LogP contribution in [-0.4, -0.2) is 22.3 Å². The Morgan fingerprint density at radius 3 is 2.69 bits per heavy atom. The molecule has 1 rings (SSSR count). The van der Waals surface area contributed by atoms with Gasteiger partial charge in [0.2, 0.25) is 5.95 Å². The first kappa shape index (κ1) is 12.9. The van der Waals surface area contributed by atoms with Crippen molar-refractivity contribution in [3.8, 4) is 0 Å². The van der Waals surface area contributed by atoms with Crippen LogP contribution in [0.5, 0.6) is 0 Å². The van der Waals surface area contributed by atoms with E-state index in [0.717, 1.165) is 0 Å². The van der Waals surface area contributed by atoms with Crippen LogP contribution in [0.1, 0.15) is 32.7 Å². The fourth-order valence-corrected chi connectivity index (χ4v) is 1.36. The molecule has 6 heteroatoms. The van der Waals surface area contributed by atoms with E-state index in [1.807, 2.05) is 18.4 Å². The lowest BCUT2D eigenvalue weighted by Gasteiger charge is -2.13. The second kappa shape index (κ2) is 5.23. The van der Waals surface area contributed by atoms with Crippen molar-refractivity contribution in [1.82, 2.24) is 9.55 Å². The first-order valence-electron chi connectivity index (χ1n) is 5.23. The molecule has 0 aromatic carbocycles. The van der Waals surface area contributed by atoms with E-state index < -0.39 is 12.6 Å². The van der Waals surface area contributed by atoms with Gasteiger partial charge in [-0.1, -0.05) is 0 Å². The third-order valence-corrected chi connectivity index (χ3v) is 2.15. The van der Waals surface area contributed by atoms with Crippen LogP contribution in [0.2, 0.25) is 0 Å². The van der Waals surface area contributed by atoms with Gasteiger partial charge in [-0.25, -0.2) is 4.98 Å². The number of anilines is 1. The van der Waals surface area contributed by atoms with Gasteiger partial charge in [0.05, 0.1) is 0 Å². The Balaban J connectivity index is 2.35. The van der Waals surface area contributed by atoms with E-state index in [4.69, 9.17) is 0 Å². The van der Waals surface area contributed by atoms with Gasteiger partial charge in [0, 0.05) is 31.4 Å². The molecule has 0 radical (unpaired) electrons. The Morgan fingerprint density at radius 2 is 2.12 bits per heavy atom. The average Bonchev–Trinajstić information content (AvgIpc) is 2.58. The largest absolute Gasteiger partial charge is 0.389 e. The van der Waals surface area contributed by atoms with Crippen LogP contribution in [0.4, 0.5) is 19.1 Å². The summed E-state index contributed by atoms with van der Waals surface area (Å²) < 4.78 is 37.5. The normalized spacial score (nSPS) is 12.1. The Bertz CT molecular complexity index is 317. The minimum absolute atomic E-state index is 0.0639. The molecule has 0 spiro atoms. The van der Waals surface area contributed by atoms with E-state index in [0.29, 0.717) is 5.95 Å². The van der Waals surface area contributed by atoms with Gasteiger partial charge in [-0.3, -0.25) is 0 Å². The highest BCUT2D eigenvalue weighted by atomic mass is 19.4. The highest BCUT2D eigenvalue weighted by Crippen LogP contribution is 2.21. The third kappa shape index (κ3) is 4.12. The smallest absolute Gasteiger partial charge is 0.356 e. The Labute approximate surface area is 92.7 Å². The summed E-state index contributed by atoms with van der Waals surface area (Å²) in [6.07, 6.45) is -1.34. The number of nitrogens with one attached hydrogen (secondary N) is 1. The van der Waals surface area contributed by atoms with Crippen LogP contribution in [0.25, 0.3) is 0 Å². The Hall–Kier alpha value is -1.20. The van der Waals surface area contributed by atoms with E-state index in [1.165, 1.54) is 0 Å². The molecule has 1 aromatic heterocycles. The molecule has 92 valence electrons. The molecule has 16 heavy (non-hydrogen) atoms. The first-order valence-corrected chi connectivity index (χ1v) is 5.23. The summed E-state index contributed by atoms with van der Waals surface area (Å²) in [6, 6.07) is 0.243. The summed E-state index contributed by atoms with van der Waals surface area (Å²) in [5, 5.41) is 2.90. The number of rotatable bonds is 5. The number of hydrogen-bond donors (Lipinski definition) is 1. The van der Waals surface area contributed by atoms with Gasteiger partial charge in [0.15, 0.2) is 0 Å². The highest BCUT2D eigenvalue weighted by Gasteiger charge is 2.25. The van der Waals surface area contributed by atoms with Gasteiger partial charge in [-0.05, 0) is 20.3 Å². The molecular formula is C10H16F3N3. The van der Waals surface area contributed by atoms with Crippen molar-refractivity contribution in [2.75, 3.05) is 11.9 Å². The lowest BCUT2D eigenvalue weighted by molar-refractivity contribution is -0.134. The van der Waals surface area contributed by atoms with E-state index in [9.17, 15) is 13.2 Å². The van der Waals surface area contributed by atoms with Crippen LogP contribution < -0.4 is 5.32 Å². The number of nitrogens with zero attached hydrogens (tertiary/aromatic N) is 2. The Morgan fingerprint density at radius 1 is 1.44 bits per heavy atom. The maximum atomic E-state index is 11.9. The molecule has 3 nitrogen and oxygen atoms in total. The zero-order valence-electron chi connectivity index (χ0n) is 9.38. The maximum Gasteiger partial charge on any atom is 0.389 e. The molecule has 0 atom stereocenters. The minimum atomic E-state index is -4.07. The molecule has 0 unspecified atom stereocenters. The molecular weight excluding hydrogens is 219 g/mol. The predicted octanol–water partition coefficient (Wildman–Crippen LogP) is 3.22. The van der Waals surface area contributed by atoms with Crippen molar-refractivity contribution < 1.29 is 13.2 Å². The zero-order chi connectivity index (χ0) is 12.2. The lowest BCUT2D eigenvalue weighted by Crippen LogP contribution is -2.13. The second-order valence-corrected chi connectivity index (χ2v) is 3.90. The fourth-order valence-electron chi connectivity index (χ4n) is 1.36. The maximum absolute atomic E-state index is 11.9. The molecule has 0 saturated carbocycles. The molecule has 0 saturated heterocycles. The van der Waals surface area contributed by atoms with Gasteiger partial charge in [0.1, 0.15) is 0 Å². The number of aromatic nitrogens is 2. The van der Waals surface area contributed by atoms with Gasteiger partial charge in [-0.2, -0.15) is 13.2 Å². The van der Waals surface area contributed by atoms with Gasteiger partial charge in [0.25, 0.3) is 0 Å². The molecule has 1 aromatic rings. The quantitative estimate of drug-likeness (QED) is 0.794. The van der Waals surface area contributed by atoms with Crippen molar-refractivity contribution >= 4 is 5.95 Å². The van der Waals surface area contributed by atoms with Crippen molar-refractivity contribution in [1.29, 1.82) is 0 Å². The molecule has 0 aliphatic carbocycles. The molecule has 0 aliphatic rings. The van der Waals surface area contributed by atoms with Crippen molar-refractivity contribution in [2.45, 2.75) is 38.9 Å². The number of imidazole rings is 1. The van der Waals surface area contributed by atoms with Crippen molar-refractivity contribution in [3.05, 3.63) is 12.4 Å². The van der Waals surface area contributed by atoms with Crippen LogP contribution in [0, 0.1) is 0 Å². The first-order chi connectivity index (χ1) is 7.40. The van der Waals surface area contributed by atoms with E-state index >= 15 is 0 Å². The average molecular weight is 235 g/mol. The minimum Gasteiger partial charge on any atom is -0.356 e.